The summed E-state index contributed by atoms with van der Waals surface area (Å²) in [5, 5.41) is 0. The maximum Gasteiger partial charge on any atom is 0.0273 e. The van der Waals surface area contributed by atoms with Gasteiger partial charge in [-0.3, -0.25) is 0 Å². The quantitative estimate of drug-likeness (QED) is 0.553. The van der Waals surface area contributed by atoms with Crippen molar-refractivity contribution in [3.63, 3.8) is 0 Å². The summed E-state index contributed by atoms with van der Waals surface area (Å²) < 4.78 is 0. The van der Waals surface area contributed by atoms with Gasteiger partial charge < -0.3 is 4.99 Å². The predicted molar refractivity (Wildman–Crippen MR) is 54.5 cm³/mol. The lowest BCUT2D eigenvalue weighted by Gasteiger charge is -2.06. The Morgan fingerprint density at radius 3 is 1.91 bits per heavy atom. The summed E-state index contributed by atoms with van der Waals surface area (Å²) in [6.07, 6.45) is 5.73. The van der Waals surface area contributed by atoms with E-state index in [2.05, 4.69) is 18.8 Å². The molecule has 0 saturated carbocycles. The third-order valence-corrected chi connectivity index (χ3v) is 1.78. The maximum atomic E-state index is 3.95. The van der Waals surface area contributed by atoms with Crippen LogP contribution in [0, 0.1) is 5.92 Å². The number of rotatable bonds is 4. The van der Waals surface area contributed by atoms with Crippen molar-refractivity contribution in [3.05, 3.63) is 0 Å². The maximum absolute atomic E-state index is 3.95. The standard InChI is InChI=1S/C8H17N.C2H6/c1-4-8(5-2)6-7-9-3;1-2/h7-8H,4-6H2,1-3H3;1-2H3. The molecule has 0 aromatic heterocycles. The molecular formula is C10H23N. The van der Waals surface area contributed by atoms with Crippen LogP contribution in [0.15, 0.2) is 4.99 Å². The highest BCUT2D eigenvalue weighted by atomic mass is 14.6. The predicted octanol–water partition coefficient (Wildman–Crippen LogP) is 3.54. The molecule has 0 aromatic rings. The molecule has 0 N–H and O–H groups in total. The number of hydrogen-bond acceptors (Lipinski definition) is 1. The first-order valence-electron chi connectivity index (χ1n) is 4.75. The van der Waals surface area contributed by atoms with E-state index in [0.717, 1.165) is 12.3 Å². The summed E-state index contributed by atoms with van der Waals surface area (Å²) >= 11 is 0. The van der Waals surface area contributed by atoms with Gasteiger partial charge >= 0.3 is 0 Å². The van der Waals surface area contributed by atoms with Crippen molar-refractivity contribution in [1.82, 2.24) is 0 Å². The van der Waals surface area contributed by atoms with Crippen LogP contribution in [0.5, 0.6) is 0 Å². The first kappa shape index (κ1) is 13.3. The summed E-state index contributed by atoms with van der Waals surface area (Å²) in [7, 11) is 1.84. The van der Waals surface area contributed by atoms with Crippen LogP contribution in [0.3, 0.4) is 0 Å². The molecule has 0 spiro atoms. The van der Waals surface area contributed by atoms with Gasteiger partial charge in [-0.15, -0.1) is 0 Å². The van der Waals surface area contributed by atoms with Gasteiger partial charge in [0.2, 0.25) is 0 Å². The molecule has 0 amide bonds. The molecule has 11 heavy (non-hydrogen) atoms. The molecule has 0 aliphatic carbocycles. The lowest BCUT2D eigenvalue weighted by Crippen LogP contribution is -1.96. The third kappa shape index (κ3) is 9.67. The summed E-state index contributed by atoms with van der Waals surface area (Å²) in [5.41, 5.74) is 0. The van der Waals surface area contributed by atoms with E-state index in [0.29, 0.717) is 0 Å². The van der Waals surface area contributed by atoms with Gasteiger partial charge in [-0.05, 0) is 18.6 Å². The normalized spacial score (nSPS) is 10.0. The fraction of sp³-hybridized carbons (Fsp3) is 0.900. The van der Waals surface area contributed by atoms with Gasteiger partial charge in [0.1, 0.15) is 0 Å². The molecule has 68 valence electrons. The largest absolute Gasteiger partial charge is 0.301 e. The molecule has 0 aliphatic rings. The highest BCUT2D eigenvalue weighted by molar-refractivity contribution is 5.57. The van der Waals surface area contributed by atoms with Gasteiger partial charge in [-0.1, -0.05) is 40.5 Å². The molecule has 1 heteroatoms. The smallest absolute Gasteiger partial charge is 0.0273 e. The van der Waals surface area contributed by atoms with E-state index in [1.807, 2.05) is 27.1 Å². The minimum Gasteiger partial charge on any atom is -0.301 e. The summed E-state index contributed by atoms with van der Waals surface area (Å²) in [6.45, 7) is 8.47. The molecule has 0 fully saturated rings. The second-order valence-corrected chi connectivity index (χ2v) is 2.36. The zero-order chi connectivity index (χ0) is 9.11. The molecule has 0 saturated heterocycles. The molecule has 0 heterocycles. The van der Waals surface area contributed by atoms with Crippen LogP contribution in [0.25, 0.3) is 0 Å². The van der Waals surface area contributed by atoms with E-state index >= 15 is 0 Å². The Bertz CT molecular complexity index is 72.9. The number of nitrogens with zero attached hydrogens (tertiary/aromatic N) is 1. The van der Waals surface area contributed by atoms with Gasteiger partial charge in [0.05, 0.1) is 0 Å². The Kier molecular flexibility index (Phi) is 14.9. The van der Waals surface area contributed by atoms with Crippen molar-refractivity contribution in [2.75, 3.05) is 7.05 Å². The van der Waals surface area contributed by atoms with E-state index in [-0.39, 0.29) is 0 Å². The first-order valence-corrected chi connectivity index (χ1v) is 4.75. The van der Waals surface area contributed by atoms with Crippen molar-refractivity contribution in [2.24, 2.45) is 10.9 Å². The van der Waals surface area contributed by atoms with Crippen molar-refractivity contribution in [3.8, 4) is 0 Å². The number of hydrogen-bond donors (Lipinski definition) is 0. The first-order chi connectivity index (χ1) is 5.35. The average Bonchev–Trinajstić information content (AvgIpc) is 2.10. The molecule has 0 bridgehead atoms. The highest BCUT2D eigenvalue weighted by Gasteiger charge is 1.98. The molecule has 0 aromatic carbocycles. The molecule has 0 aliphatic heterocycles. The average molecular weight is 157 g/mol. The third-order valence-electron chi connectivity index (χ3n) is 1.78. The summed E-state index contributed by atoms with van der Waals surface area (Å²) in [4.78, 5) is 3.95. The molecular weight excluding hydrogens is 134 g/mol. The Labute approximate surface area is 71.9 Å². The van der Waals surface area contributed by atoms with Crippen LogP contribution in [-0.4, -0.2) is 13.3 Å². The summed E-state index contributed by atoms with van der Waals surface area (Å²) in [6, 6.07) is 0. The Morgan fingerprint density at radius 1 is 1.18 bits per heavy atom. The Hall–Kier alpha value is -0.330. The molecule has 1 nitrogen and oxygen atoms in total. The minimum absolute atomic E-state index is 0.855. The zero-order valence-electron chi connectivity index (χ0n) is 8.72. The van der Waals surface area contributed by atoms with Gasteiger partial charge in [0, 0.05) is 7.05 Å². The minimum atomic E-state index is 0.855. The Morgan fingerprint density at radius 2 is 1.64 bits per heavy atom. The summed E-state index contributed by atoms with van der Waals surface area (Å²) in [5.74, 6) is 0.855. The molecule has 0 atom stereocenters. The van der Waals surface area contributed by atoms with Gasteiger partial charge in [-0.25, -0.2) is 0 Å². The Balaban J connectivity index is 0. The fourth-order valence-corrected chi connectivity index (χ4v) is 0.876. The van der Waals surface area contributed by atoms with E-state index in [9.17, 15) is 0 Å². The van der Waals surface area contributed by atoms with Crippen LogP contribution < -0.4 is 0 Å². The second-order valence-electron chi connectivity index (χ2n) is 2.36. The molecule has 0 rings (SSSR count). The highest BCUT2D eigenvalue weighted by Crippen LogP contribution is 2.09. The van der Waals surface area contributed by atoms with E-state index in [4.69, 9.17) is 0 Å². The van der Waals surface area contributed by atoms with E-state index in [1.54, 1.807) is 0 Å². The van der Waals surface area contributed by atoms with Crippen LogP contribution in [-0.2, 0) is 0 Å². The van der Waals surface area contributed by atoms with E-state index < -0.39 is 0 Å². The SMILES string of the molecule is CC.CCC(CC)CC=NC. The second kappa shape index (κ2) is 12.4. The van der Waals surface area contributed by atoms with Gasteiger partial charge in [0.25, 0.3) is 0 Å². The fourth-order valence-electron chi connectivity index (χ4n) is 0.876. The van der Waals surface area contributed by atoms with Crippen LogP contribution in [0.1, 0.15) is 47.0 Å². The van der Waals surface area contributed by atoms with Crippen LogP contribution in [0.2, 0.25) is 0 Å². The van der Waals surface area contributed by atoms with Crippen molar-refractivity contribution < 1.29 is 0 Å². The van der Waals surface area contributed by atoms with Crippen molar-refractivity contribution in [2.45, 2.75) is 47.0 Å². The van der Waals surface area contributed by atoms with E-state index in [1.165, 1.54) is 12.8 Å². The monoisotopic (exact) mass is 157 g/mol. The van der Waals surface area contributed by atoms with Gasteiger partial charge in [0.15, 0.2) is 0 Å². The van der Waals surface area contributed by atoms with Crippen LogP contribution >= 0.6 is 0 Å². The number of aliphatic imine (C=N–C) groups is 1. The lowest BCUT2D eigenvalue weighted by atomic mass is 10.0. The zero-order valence-corrected chi connectivity index (χ0v) is 8.72. The van der Waals surface area contributed by atoms with Crippen molar-refractivity contribution in [1.29, 1.82) is 0 Å². The van der Waals surface area contributed by atoms with Crippen molar-refractivity contribution >= 4 is 6.21 Å². The van der Waals surface area contributed by atoms with Crippen LogP contribution in [0.4, 0.5) is 0 Å². The lowest BCUT2D eigenvalue weighted by molar-refractivity contribution is 0.516. The molecule has 0 radical (unpaired) electrons. The van der Waals surface area contributed by atoms with Gasteiger partial charge in [-0.2, -0.15) is 0 Å². The molecule has 0 unspecified atom stereocenters. The topological polar surface area (TPSA) is 12.4 Å².